The second-order valence-corrected chi connectivity index (χ2v) is 6.82. The summed E-state index contributed by atoms with van der Waals surface area (Å²) >= 11 is 0. The van der Waals surface area contributed by atoms with E-state index in [2.05, 4.69) is 49.5 Å². The quantitative estimate of drug-likeness (QED) is 0.362. The van der Waals surface area contributed by atoms with Crippen LogP contribution in [0.25, 0.3) is 0 Å². The Bertz CT molecular complexity index is 620. The Morgan fingerprint density at radius 3 is 2.36 bits per heavy atom. The first kappa shape index (κ1) is 19.0. The Labute approximate surface area is 151 Å². The summed E-state index contributed by atoms with van der Waals surface area (Å²) in [5.74, 6) is 1.88. The second kappa shape index (κ2) is 10.5. The van der Waals surface area contributed by atoms with Crippen LogP contribution in [-0.2, 0) is 6.42 Å². The van der Waals surface area contributed by atoms with E-state index in [0.717, 1.165) is 37.3 Å². The van der Waals surface area contributed by atoms with E-state index in [1.54, 1.807) is 0 Å². The highest BCUT2D eigenvalue weighted by Crippen LogP contribution is 2.13. The number of nitrogens with one attached hydrogen (secondary N) is 2. The van der Waals surface area contributed by atoms with Crippen LogP contribution in [0, 0.1) is 11.3 Å². The molecule has 0 aliphatic heterocycles. The molecule has 2 rings (SSSR count). The predicted octanol–water partition coefficient (Wildman–Crippen LogP) is 5.05. The molecule has 2 aromatic carbocycles. The van der Waals surface area contributed by atoms with Crippen LogP contribution in [-0.4, -0.2) is 19.0 Å². The highest BCUT2D eigenvalue weighted by Gasteiger charge is 2.02. The summed E-state index contributed by atoms with van der Waals surface area (Å²) in [5, 5.41) is 11.2. The minimum absolute atomic E-state index is 0.473. The molecule has 0 saturated carbocycles. The molecular weight excluding hydrogens is 308 g/mol. The molecule has 0 bridgehead atoms. The fourth-order valence-electron chi connectivity index (χ4n) is 2.57. The molecule has 134 valence electrons. The van der Waals surface area contributed by atoms with Gasteiger partial charge in [0.1, 0.15) is 11.6 Å². The van der Waals surface area contributed by atoms with Crippen molar-refractivity contribution >= 4 is 5.84 Å². The van der Waals surface area contributed by atoms with Gasteiger partial charge in [-0.25, -0.2) is 0 Å². The number of benzene rings is 2. The van der Waals surface area contributed by atoms with Crippen LogP contribution in [0.3, 0.4) is 0 Å². The van der Waals surface area contributed by atoms with Gasteiger partial charge in [0.05, 0.1) is 6.61 Å². The van der Waals surface area contributed by atoms with Crippen molar-refractivity contribution in [1.29, 1.82) is 5.41 Å². The van der Waals surface area contributed by atoms with E-state index >= 15 is 0 Å². The summed E-state index contributed by atoms with van der Waals surface area (Å²) in [6.07, 6.45) is 4.59. The molecule has 0 heterocycles. The lowest BCUT2D eigenvalue weighted by atomic mass is 10.1. The molecule has 0 aliphatic rings. The molecule has 0 amide bonds. The predicted molar refractivity (Wildman–Crippen MR) is 106 cm³/mol. The van der Waals surface area contributed by atoms with Crippen LogP contribution in [0.5, 0.6) is 5.75 Å². The van der Waals surface area contributed by atoms with Crippen molar-refractivity contribution < 1.29 is 4.74 Å². The lowest BCUT2D eigenvalue weighted by Crippen LogP contribution is -2.27. The first-order chi connectivity index (χ1) is 12.1. The number of unbranched alkanes of at least 4 members (excludes halogenated alkanes) is 2. The van der Waals surface area contributed by atoms with Crippen LogP contribution in [0.1, 0.15) is 44.2 Å². The van der Waals surface area contributed by atoms with Crippen molar-refractivity contribution in [3.63, 3.8) is 0 Å². The zero-order chi connectivity index (χ0) is 17.9. The van der Waals surface area contributed by atoms with Gasteiger partial charge >= 0.3 is 0 Å². The smallest absolute Gasteiger partial charge is 0.125 e. The Morgan fingerprint density at radius 2 is 1.68 bits per heavy atom. The number of aryl methyl sites for hydroxylation is 1. The SMILES string of the molecule is CC(C)CNC(=N)c1ccc(OCCCCCc2ccccc2)cc1. The first-order valence-corrected chi connectivity index (χ1v) is 9.24. The van der Waals surface area contributed by atoms with Gasteiger partial charge in [0.15, 0.2) is 0 Å². The number of ether oxygens (including phenoxy) is 1. The lowest BCUT2D eigenvalue weighted by molar-refractivity contribution is 0.305. The van der Waals surface area contributed by atoms with Crippen LogP contribution in [0.15, 0.2) is 54.6 Å². The van der Waals surface area contributed by atoms with E-state index in [4.69, 9.17) is 10.1 Å². The number of hydrogen-bond acceptors (Lipinski definition) is 2. The van der Waals surface area contributed by atoms with Crippen molar-refractivity contribution in [2.75, 3.05) is 13.2 Å². The summed E-state index contributed by atoms with van der Waals surface area (Å²) in [4.78, 5) is 0. The summed E-state index contributed by atoms with van der Waals surface area (Å²) in [5.41, 5.74) is 2.31. The Balaban J connectivity index is 1.62. The number of hydrogen-bond donors (Lipinski definition) is 2. The van der Waals surface area contributed by atoms with Crippen molar-refractivity contribution in [3.8, 4) is 5.75 Å². The van der Waals surface area contributed by atoms with Gasteiger partial charge in [-0.3, -0.25) is 5.41 Å². The third-order valence-electron chi connectivity index (χ3n) is 4.05. The van der Waals surface area contributed by atoms with E-state index < -0.39 is 0 Å². The summed E-state index contributed by atoms with van der Waals surface area (Å²) < 4.78 is 5.80. The number of rotatable bonds is 10. The van der Waals surface area contributed by atoms with Gasteiger partial charge in [-0.2, -0.15) is 0 Å². The molecular formula is C22H30N2O. The maximum atomic E-state index is 8.03. The van der Waals surface area contributed by atoms with Crippen LogP contribution in [0.4, 0.5) is 0 Å². The molecule has 0 spiro atoms. The van der Waals surface area contributed by atoms with E-state index in [0.29, 0.717) is 11.8 Å². The van der Waals surface area contributed by atoms with Crippen LogP contribution in [0.2, 0.25) is 0 Å². The summed E-state index contributed by atoms with van der Waals surface area (Å²) in [6, 6.07) is 18.4. The largest absolute Gasteiger partial charge is 0.494 e. The molecule has 2 aromatic rings. The molecule has 0 radical (unpaired) electrons. The Hall–Kier alpha value is -2.29. The highest BCUT2D eigenvalue weighted by molar-refractivity contribution is 5.96. The standard InChI is InChI=1S/C22H30N2O/c1-18(2)17-24-22(23)20-12-14-21(15-13-20)25-16-8-4-7-11-19-9-5-3-6-10-19/h3,5-6,9-10,12-15,18H,4,7-8,11,16-17H2,1-2H3,(H2,23,24). The fraction of sp³-hybridized carbons (Fsp3) is 0.409. The van der Waals surface area contributed by atoms with Gasteiger partial charge in [-0.15, -0.1) is 0 Å². The van der Waals surface area contributed by atoms with Gasteiger partial charge in [-0.1, -0.05) is 44.2 Å². The minimum atomic E-state index is 0.473. The van der Waals surface area contributed by atoms with Gasteiger partial charge in [0, 0.05) is 12.1 Å². The molecule has 0 atom stereocenters. The number of amidine groups is 1. The molecule has 2 N–H and O–H groups in total. The van der Waals surface area contributed by atoms with Crippen LogP contribution < -0.4 is 10.1 Å². The first-order valence-electron chi connectivity index (χ1n) is 9.24. The van der Waals surface area contributed by atoms with Gasteiger partial charge in [-0.05, 0) is 61.4 Å². The fourth-order valence-corrected chi connectivity index (χ4v) is 2.57. The van der Waals surface area contributed by atoms with E-state index in [-0.39, 0.29) is 0 Å². The third-order valence-corrected chi connectivity index (χ3v) is 4.05. The normalized spacial score (nSPS) is 10.7. The van der Waals surface area contributed by atoms with E-state index in [1.807, 2.05) is 24.3 Å². The van der Waals surface area contributed by atoms with Gasteiger partial charge < -0.3 is 10.1 Å². The molecule has 0 fully saturated rings. The lowest BCUT2D eigenvalue weighted by Gasteiger charge is -2.11. The van der Waals surface area contributed by atoms with Crippen LogP contribution >= 0.6 is 0 Å². The molecule has 0 unspecified atom stereocenters. The van der Waals surface area contributed by atoms with Gasteiger partial charge in [0.25, 0.3) is 0 Å². The molecule has 3 nitrogen and oxygen atoms in total. The average molecular weight is 338 g/mol. The monoisotopic (exact) mass is 338 g/mol. The van der Waals surface area contributed by atoms with Crippen molar-refractivity contribution in [1.82, 2.24) is 5.32 Å². The zero-order valence-electron chi connectivity index (χ0n) is 15.4. The third kappa shape index (κ3) is 7.42. The van der Waals surface area contributed by atoms with Crippen molar-refractivity contribution in [2.24, 2.45) is 5.92 Å². The van der Waals surface area contributed by atoms with Crippen molar-refractivity contribution in [2.45, 2.75) is 39.5 Å². The topological polar surface area (TPSA) is 45.1 Å². The Morgan fingerprint density at radius 1 is 0.960 bits per heavy atom. The highest BCUT2D eigenvalue weighted by atomic mass is 16.5. The zero-order valence-corrected chi connectivity index (χ0v) is 15.4. The maximum Gasteiger partial charge on any atom is 0.125 e. The molecule has 0 saturated heterocycles. The minimum Gasteiger partial charge on any atom is -0.494 e. The molecule has 0 aromatic heterocycles. The second-order valence-electron chi connectivity index (χ2n) is 6.82. The van der Waals surface area contributed by atoms with E-state index in [9.17, 15) is 0 Å². The Kier molecular flexibility index (Phi) is 8.03. The molecule has 3 heteroatoms. The summed E-state index contributed by atoms with van der Waals surface area (Å²) in [6.45, 7) is 5.84. The van der Waals surface area contributed by atoms with Gasteiger partial charge in [0.2, 0.25) is 0 Å². The summed E-state index contributed by atoms with van der Waals surface area (Å²) in [7, 11) is 0. The average Bonchev–Trinajstić information content (AvgIpc) is 2.64. The molecule has 25 heavy (non-hydrogen) atoms. The maximum absolute atomic E-state index is 8.03. The molecule has 0 aliphatic carbocycles. The van der Waals surface area contributed by atoms with E-state index in [1.165, 1.54) is 18.4 Å². The van der Waals surface area contributed by atoms with Crippen molar-refractivity contribution in [3.05, 3.63) is 65.7 Å².